The van der Waals surface area contributed by atoms with Crippen molar-refractivity contribution in [1.82, 2.24) is 4.98 Å². The van der Waals surface area contributed by atoms with Gasteiger partial charge in [-0.15, -0.1) is 0 Å². The smallest absolute Gasteiger partial charge is 0.329 e. The molecule has 106 valence electrons. The van der Waals surface area contributed by atoms with Crippen LogP contribution < -0.4 is 5.32 Å². The maximum atomic E-state index is 11.0. The number of nitrogens with zero attached hydrogens (tertiary/aromatic N) is 2. The second-order valence-electron chi connectivity index (χ2n) is 4.30. The Morgan fingerprint density at radius 1 is 1.37 bits per heavy atom. The topological polar surface area (TPSA) is 88.3 Å². The predicted octanol–water partition coefficient (Wildman–Crippen LogP) is 2.83. The number of unbranched alkanes of at least 4 members (excludes halogenated alkanes) is 2. The maximum Gasteiger partial charge on any atom is 0.329 e. The standard InChI is InChI=1S/C12H18ClN3O3/c1-8-9(2)15-12(13)11(16(18)19)10(8)14-6-4-3-5-7-17/h17H,3-7H2,1-2H3,(H,14,15). The van der Waals surface area contributed by atoms with E-state index < -0.39 is 4.92 Å². The van der Waals surface area contributed by atoms with Gasteiger partial charge >= 0.3 is 5.69 Å². The van der Waals surface area contributed by atoms with E-state index in [4.69, 9.17) is 16.7 Å². The molecule has 0 unspecified atom stereocenters. The van der Waals surface area contributed by atoms with Gasteiger partial charge in [0.2, 0.25) is 5.15 Å². The first-order valence-corrected chi connectivity index (χ1v) is 6.52. The summed E-state index contributed by atoms with van der Waals surface area (Å²) < 4.78 is 0. The van der Waals surface area contributed by atoms with Crippen molar-refractivity contribution in [3.05, 3.63) is 26.5 Å². The van der Waals surface area contributed by atoms with Gasteiger partial charge in [-0.3, -0.25) is 10.1 Å². The third-order valence-corrected chi connectivity index (χ3v) is 3.20. The van der Waals surface area contributed by atoms with Crippen molar-refractivity contribution >= 4 is 23.0 Å². The van der Waals surface area contributed by atoms with Crippen LogP contribution in [0.25, 0.3) is 0 Å². The quantitative estimate of drug-likeness (QED) is 0.348. The summed E-state index contributed by atoms with van der Waals surface area (Å²) in [6, 6.07) is 0. The lowest BCUT2D eigenvalue weighted by Gasteiger charge is -2.12. The van der Waals surface area contributed by atoms with E-state index in [2.05, 4.69) is 10.3 Å². The van der Waals surface area contributed by atoms with E-state index >= 15 is 0 Å². The number of aromatic nitrogens is 1. The van der Waals surface area contributed by atoms with Gasteiger partial charge in [0.05, 0.1) is 4.92 Å². The Kier molecular flexibility index (Phi) is 5.98. The molecule has 0 spiro atoms. The molecule has 0 radical (unpaired) electrons. The van der Waals surface area contributed by atoms with Gasteiger partial charge in [0.1, 0.15) is 5.69 Å². The highest BCUT2D eigenvalue weighted by molar-refractivity contribution is 6.32. The van der Waals surface area contributed by atoms with Crippen molar-refractivity contribution in [3.8, 4) is 0 Å². The van der Waals surface area contributed by atoms with Gasteiger partial charge < -0.3 is 10.4 Å². The van der Waals surface area contributed by atoms with Crippen LogP contribution in [-0.4, -0.2) is 28.2 Å². The van der Waals surface area contributed by atoms with Crippen LogP contribution in [0.5, 0.6) is 0 Å². The number of aryl methyl sites for hydroxylation is 1. The molecule has 0 aromatic carbocycles. The maximum absolute atomic E-state index is 11.0. The van der Waals surface area contributed by atoms with Crippen molar-refractivity contribution < 1.29 is 10.0 Å². The summed E-state index contributed by atoms with van der Waals surface area (Å²) in [7, 11) is 0. The number of pyridine rings is 1. The third-order valence-electron chi connectivity index (χ3n) is 2.94. The molecule has 0 aliphatic rings. The zero-order valence-electron chi connectivity index (χ0n) is 11.1. The molecule has 7 heteroatoms. The van der Waals surface area contributed by atoms with E-state index in [0.29, 0.717) is 17.9 Å². The summed E-state index contributed by atoms with van der Waals surface area (Å²) in [6.07, 6.45) is 2.43. The van der Waals surface area contributed by atoms with Gasteiger partial charge in [0.15, 0.2) is 0 Å². The molecule has 1 aromatic heterocycles. The van der Waals surface area contributed by atoms with E-state index in [1.807, 2.05) is 0 Å². The van der Waals surface area contributed by atoms with Gasteiger partial charge in [-0.2, -0.15) is 0 Å². The van der Waals surface area contributed by atoms with E-state index in [0.717, 1.165) is 24.8 Å². The molecule has 1 heterocycles. The van der Waals surface area contributed by atoms with Crippen molar-refractivity contribution in [1.29, 1.82) is 0 Å². The average Bonchev–Trinajstić information content (AvgIpc) is 2.34. The van der Waals surface area contributed by atoms with Crippen molar-refractivity contribution in [2.45, 2.75) is 33.1 Å². The van der Waals surface area contributed by atoms with Crippen LogP contribution in [0.15, 0.2) is 0 Å². The highest BCUT2D eigenvalue weighted by atomic mass is 35.5. The Bertz CT molecular complexity index is 466. The molecule has 0 bridgehead atoms. The van der Waals surface area contributed by atoms with Crippen LogP contribution in [0.1, 0.15) is 30.5 Å². The number of nitrogens with one attached hydrogen (secondary N) is 1. The van der Waals surface area contributed by atoms with Crippen LogP contribution in [0, 0.1) is 24.0 Å². The summed E-state index contributed by atoms with van der Waals surface area (Å²) in [5.41, 5.74) is 1.67. The molecule has 0 saturated heterocycles. The molecule has 0 saturated carbocycles. The lowest BCUT2D eigenvalue weighted by atomic mass is 10.1. The molecule has 1 aromatic rings. The zero-order chi connectivity index (χ0) is 14.4. The highest BCUT2D eigenvalue weighted by Crippen LogP contribution is 2.35. The van der Waals surface area contributed by atoms with Gasteiger partial charge in [-0.1, -0.05) is 11.6 Å². The van der Waals surface area contributed by atoms with Crippen LogP contribution in [0.4, 0.5) is 11.4 Å². The van der Waals surface area contributed by atoms with Crippen LogP contribution >= 0.6 is 11.6 Å². The van der Waals surface area contributed by atoms with E-state index in [1.165, 1.54) is 0 Å². The molecule has 0 aliphatic heterocycles. The molecular formula is C12H18ClN3O3. The number of anilines is 1. The molecule has 0 fully saturated rings. The first-order valence-electron chi connectivity index (χ1n) is 6.14. The normalized spacial score (nSPS) is 10.5. The van der Waals surface area contributed by atoms with Gasteiger partial charge in [0, 0.05) is 24.4 Å². The third kappa shape index (κ3) is 4.04. The molecule has 2 N–H and O–H groups in total. The minimum absolute atomic E-state index is 0.0917. The number of aliphatic hydroxyl groups is 1. The fraction of sp³-hybridized carbons (Fsp3) is 0.583. The molecule has 1 rings (SSSR count). The van der Waals surface area contributed by atoms with Crippen LogP contribution in [-0.2, 0) is 0 Å². The summed E-state index contributed by atoms with van der Waals surface area (Å²) in [5, 5.41) is 22.7. The number of hydrogen-bond acceptors (Lipinski definition) is 5. The molecular weight excluding hydrogens is 270 g/mol. The zero-order valence-corrected chi connectivity index (χ0v) is 11.8. The number of halogens is 1. The van der Waals surface area contributed by atoms with Crippen molar-refractivity contribution in [2.75, 3.05) is 18.5 Å². The second kappa shape index (κ2) is 7.25. The van der Waals surface area contributed by atoms with Crippen molar-refractivity contribution in [3.63, 3.8) is 0 Å². The van der Waals surface area contributed by atoms with E-state index in [-0.39, 0.29) is 17.4 Å². The van der Waals surface area contributed by atoms with Gasteiger partial charge in [0.25, 0.3) is 0 Å². The number of nitro groups is 1. The monoisotopic (exact) mass is 287 g/mol. The molecule has 0 atom stereocenters. The number of aliphatic hydroxyl groups excluding tert-OH is 1. The Morgan fingerprint density at radius 3 is 2.63 bits per heavy atom. The largest absolute Gasteiger partial charge is 0.396 e. The second-order valence-corrected chi connectivity index (χ2v) is 4.66. The molecule has 0 aliphatic carbocycles. The Morgan fingerprint density at radius 2 is 2.05 bits per heavy atom. The minimum atomic E-state index is -0.516. The Labute approximate surface area is 117 Å². The first-order chi connectivity index (χ1) is 8.99. The summed E-state index contributed by atoms with van der Waals surface area (Å²) in [4.78, 5) is 14.5. The fourth-order valence-corrected chi connectivity index (χ4v) is 2.05. The predicted molar refractivity (Wildman–Crippen MR) is 74.8 cm³/mol. The Hall–Kier alpha value is -1.40. The number of rotatable bonds is 7. The summed E-state index contributed by atoms with van der Waals surface area (Å²) >= 11 is 5.84. The lowest BCUT2D eigenvalue weighted by molar-refractivity contribution is -0.384. The van der Waals surface area contributed by atoms with E-state index in [1.54, 1.807) is 13.8 Å². The van der Waals surface area contributed by atoms with E-state index in [9.17, 15) is 10.1 Å². The minimum Gasteiger partial charge on any atom is -0.396 e. The first kappa shape index (κ1) is 15.7. The van der Waals surface area contributed by atoms with Gasteiger partial charge in [-0.25, -0.2) is 4.98 Å². The lowest BCUT2D eigenvalue weighted by Crippen LogP contribution is -2.09. The molecule has 0 amide bonds. The summed E-state index contributed by atoms with van der Waals surface area (Å²) in [5.74, 6) is 0. The molecule has 19 heavy (non-hydrogen) atoms. The summed E-state index contributed by atoms with van der Waals surface area (Å²) in [6.45, 7) is 4.31. The van der Waals surface area contributed by atoms with Gasteiger partial charge in [-0.05, 0) is 33.1 Å². The highest BCUT2D eigenvalue weighted by Gasteiger charge is 2.23. The SMILES string of the molecule is Cc1nc(Cl)c([N+](=O)[O-])c(NCCCCCO)c1C. The Balaban J connectivity index is 2.88. The fourth-order valence-electron chi connectivity index (χ4n) is 1.76. The van der Waals surface area contributed by atoms with Crippen LogP contribution in [0.3, 0.4) is 0 Å². The number of hydrogen-bond donors (Lipinski definition) is 2. The average molecular weight is 288 g/mol. The van der Waals surface area contributed by atoms with Crippen molar-refractivity contribution in [2.24, 2.45) is 0 Å². The van der Waals surface area contributed by atoms with Crippen LogP contribution in [0.2, 0.25) is 5.15 Å². The molecule has 6 nitrogen and oxygen atoms in total.